The number of ether oxygens (including phenoxy) is 2. The number of amides is 1. The van der Waals surface area contributed by atoms with Crippen LogP contribution in [-0.4, -0.2) is 47.9 Å². The van der Waals surface area contributed by atoms with Crippen molar-refractivity contribution in [2.45, 2.75) is 46.1 Å². The Bertz CT molecular complexity index is 526. The summed E-state index contributed by atoms with van der Waals surface area (Å²) in [5.41, 5.74) is 5.11. The zero-order chi connectivity index (χ0) is 18.9. The second kappa shape index (κ2) is 10.2. The summed E-state index contributed by atoms with van der Waals surface area (Å²) in [6, 6.07) is 0. The van der Waals surface area contributed by atoms with E-state index in [1.165, 1.54) is 13.8 Å². The van der Waals surface area contributed by atoms with Gasteiger partial charge in [-0.1, -0.05) is 0 Å². The largest absolute Gasteiger partial charge is 0.461 e. The molecule has 2 atom stereocenters. The molecule has 2 unspecified atom stereocenters. The van der Waals surface area contributed by atoms with Gasteiger partial charge in [-0.25, -0.2) is 0 Å². The molecule has 134 valence electrons. The third-order valence-electron chi connectivity index (χ3n) is 2.85. The van der Waals surface area contributed by atoms with E-state index in [0.29, 0.717) is 0 Å². The standard InChI is InChI=1S/C15H21NO8/c1-8(17)4-13(20)23-7-11(24-14(21)5-9(2)18)6-12(10(3)19)15(16)22/h11-12H,4-7H2,1-3H3,(H2,16,22). The second-order valence-corrected chi connectivity index (χ2v) is 5.35. The van der Waals surface area contributed by atoms with E-state index in [0.717, 1.165) is 6.92 Å². The van der Waals surface area contributed by atoms with E-state index in [-0.39, 0.29) is 6.42 Å². The molecule has 0 aromatic carbocycles. The molecule has 0 spiro atoms. The number of hydrogen-bond donors (Lipinski definition) is 1. The van der Waals surface area contributed by atoms with E-state index in [4.69, 9.17) is 15.2 Å². The quantitative estimate of drug-likeness (QED) is 0.389. The van der Waals surface area contributed by atoms with E-state index in [1.54, 1.807) is 0 Å². The molecule has 24 heavy (non-hydrogen) atoms. The fourth-order valence-corrected chi connectivity index (χ4v) is 1.77. The van der Waals surface area contributed by atoms with Gasteiger partial charge in [0.05, 0.1) is 5.92 Å². The molecular formula is C15H21NO8. The smallest absolute Gasteiger partial charge is 0.313 e. The fourth-order valence-electron chi connectivity index (χ4n) is 1.77. The number of hydrogen-bond acceptors (Lipinski definition) is 8. The lowest BCUT2D eigenvalue weighted by Gasteiger charge is -2.20. The molecular weight excluding hydrogens is 322 g/mol. The first kappa shape index (κ1) is 21.4. The predicted molar refractivity (Wildman–Crippen MR) is 79.4 cm³/mol. The van der Waals surface area contributed by atoms with Crippen molar-refractivity contribution in [2.24, 2.45) is 11.7 Å². The van der Waals surface area contributed by atoms with Crippen molar-refractivity contribution in [3.63, 3.8) is 0 Å². The van der Waals surface area contributed by atoms with Crippen molar-refractivity contribution < 1.29 is 38.2 Å². The second-order valence-electron chi connectivity index (χ2n) is 5.35. The Labute approximate surface area is 138 Å². The van der Waals surface area contributed by atoms with Crippen molar-refractivity contribution in [3.8, 4) is 0 Å². The maximum Gasteiger partial charge on any atom is 0.313 e. The van der Waals surface area contributed by atoms with Crippen LogP contribution >= 0.6 is 0 Å². The van der Waals surface area contributed by atoms with Gasteiger partial charge in [0.2, 0.25) is 5.91 Å². The normalized spacial score (nSPS) is 12.6. The maximum atomic E-state index is 11.6. The predicted octanol–water partition coefficient (Wildman–Crippen LogP) is -0.520. The molecule has 0 bridgehead atoms. The van der Waals surface area contributed by atoms with Crippen LogP contribution in [0, 0.1) is 5.92 Å². The molecule has 2 N–H and O–H groups in total. The summed E-state index contributed by atoms with van der Waals surface area (Å²) in [6.07, 6.45) is -2.39. The van der Waals surface area contributed by atoms with E-state index >= 15 is 0 Å². The summed E-state index contributed by atoms with van der Waals surface area (Å²) in [7, 11) is 0. The van der Waals surface area contributed by atoms with E-state index in [9.17, 15) is 28.8 Å². The number of Topliss-reactive ketones (excluding diaryl/α,β-unsaturated/α-hetero) is 3. The van der Waals surface area contributed by atoms with E-state index in [1.807, 2.05) is 0 Å². The first-order chi connectivity index (χ1) is 11.0. The van der Waals surface area contributed by atoms with Crippen LogP contribution in [-0.2, 0) is 38.2 Å². The number of nitrogens with two attached hydrogens (primary N) is 1. The maximum absolute atomic E-state index is 11.6. The summed E-state index contributed by atoms with van der Waals surface area (Å²) in [5.74, 6) is -5.26. The zero-order valence-electron chi connectivity index (χ0n) is 13.8. The first-order valence-electron chi connectivity index (χ1n) is 7.16. The van der Waals surface area contributed by atoms with Crippen molar-refractivity contribution in [3.05, 3.63) is 0 Å². The molecule has 0 aromatic rings. The Hall–Kier alpha value is -2.58. The third-order valence-corrected chi connectivity index (χ3v) is 2.85. The molecule has 1 amide bonds. The third kappa shape index (κ3) is 9.44. The number of carbonyl (C=O) groups is 6. The minimum atomic E-state index is -1.23. The summed E-state index contributed by atoms with van der Waals surface area (Å²) in [5, 5.41) is 0. The average molecular weight is 343 g/mol. The van der Waals surface area contributed by atoms with Gasteiger partial charge in [-0.05, 0) is 20.8 Å². The Morgan fingerprint density at radius 3 is 1.79 bits per heavy atom. The Kier molecular flexibility index (Phi) is 9.14. The van der Waals surface area contributed by atoms with Crippen LogP contribution in [0.3, 0.4) is 0 Å². The summed E-state index contributed by atoms with van der Waals surface area (Å²) in [6.45, 7) is 3.06. The van der Waals surface area contributed by atoms with E-state index < -0.39 is 66.7 Å². The van der Waals surface area contributed by atoms with Crippen molar-refractivity contribution in [1.29, 1.82) is 0 Å². The summed E-state index contributed by atoms with van der Waals surface area (Å²) >= 11 is 0. The molecule has 0 rings (SSSR count). The molecule has 0 saturated carbocycles. The zero-order valence-corrected chi connectivity index (χ0v) is 13.8. The highest BCUT2D eigenvalue weighted by Crippen LogP contribution is 2.13. The Morgan fingerprint density at radius 2 is 1.38 bits per heavy atom. The molecule has 0 saturated heterocycles. The van der Waals surface area contributed by atoms with Gasteiger partial charge in [0.25, 0.3) is 0 Å². The van der Waals surface area contributed by atoms with Crippen LogP contribution in [0.5, 0.6) is 0 Å². The number of ketones is 3. The van der Waals surface area contributed by atoms with Gasteiger partial charge in [0.15, 0.2) is 0 Å². The van der Waals surface area contributed by atoms with Crippen LogP contribution < -0.4 is 5.73 Å². The number of rotatable bonds is 11. The average Bonchev–Trinajstić information content (AvgIpc) is 2.39. The van der Waals surface area contributed by atoms with Crippen LogP contribution in [0.25, 0.3) is 0 Å². The van der Waals surface area contributed by atoms with E-state index in [2.05, 4.69) is 0 Å². The molecule has 0 aromatic heterocycles. The molecule has 0 fully saturated rings. The topological polar surface area (TPSA) is 147 Å². The van der Waals surface area contributed by atoms with Gasteiger partial charge < -0.3 is 15.2 Å². The van der Waals surface area contributed by atoms with Gasteiger partial charge in [-0.3, -0.25) is 28.8 Å². The molecule has 9 nitrogen and oxygen atoms in total. The molecule has 9 heteroatoms. The SMILES string of the molecule is CC(=O)CC(=O)OCC(CC(C(C)=O)C(N)=O)OC(=O)CC(C)=O. The monoisotopic (exact) mass is 343 g/mol. The van der Waals surface area contributed by atoms with Gasteiger partial charge >= 0.3 is 11.9 Å². The number of primary amides is 1. The number of esters is 2. The fraction of sp³-hybridized carbons (Fsp3) is 0.600. The molecule has 0 aliphatic carbocycles. The van der Waals surface area contributed by atoms with Crippen molar-refractivity contribution in [2.75, 3.05) is 6.61 Å². The minimum Gasteiger partial charge on any atom is -0.461 e. The highest BCUT2D eigenvalue weighted by atomic mass is 16.6. The highest BCUT2D eigenvalue weighted by molar-refractivity contribution is 5.99. The van der Waals surface area contributed by atoms with Crippen LogP contribution in [0.4, 0.5) is 0 Å². The molecule has 0 aliphatic heterocycles. The van der Waals surface area contributed by atoms with Gasteiger partial charge in [0.1, 0.15) is 42.9 Å². The van der Waals surface area contributed by atoms with Crippen LogP contribution in [0.2, 0.25) is 0 Å². The lowest BCUT2D eigenvalue weighted by Crippen LogP contribution is -2.36. The molecule has 0 heterocycles. The van der Waals surface area contributed by atoms with Crippen molar-refractivity contribution in [1.82, 2.24) is 0 Å². The lowest BCUT2D eigenvalue weighted by molar-refractivity contribution is -0.162. The highest BCUT2D eigenvalue weighted by Gasteiger charge is 2.28. The summed E-state index contributed by atoms with van der Waals surface area (Å²) in [4.78, 5) is 67.4. The minimum absolute atomic E-state index is 0.290. The summed E-state index contributed by atoms with van der Waals surface area (Å²) < 4.78 is 9.76. The van der Waals surface area contributed by atoms with Gasteiger partial charge in [0, 0.05) is 6.42 Å². The Morgan fingerprint density at radius 1 is 0.875 bits per heavy atom. The first-order valence-corrected chi connectivity index (χ1v) is 7.16. The van der Waals surface area contributed by atoms with Crippen molar-refractivity contribution >= 4 is 35.2 Å². The molecule has 0 radical (unpaired) electrons. The Balaban J connectivity index is 4.93. The van der Waals surface area contributed by atoms with Crippen LogP contribution in [0.1, 0.15) is 40.0 Å². The van der Waals surface area contributed by atoms with Gasteiger partial charge in [-0.15, -0.1) is 0 Å². The molecule has 0 aliphatic rings. The number of carbonyl (C=O) groups excluding carboxylic acids is 6. The van der Waals surface area contributed by atoms with Crippen LogP contribution in [0.15, 0.2) is 0 Å². The lowest BCUT2D eigenvalue weighted by atomic mass is 9.97. The van der Waals surface area contributed by atoms with Gasteiger partial charge in [-0.2, -0.15) is 0 Å².